The number of hydrogen-bond donors (Lipinski definition) is 1. The van der Waals surface area contributed by atoms with Crippen LogP contribution in [0.15, 0.2) is 60.3 Å². The summed E-state index contributed by atoms with van der Waals surface area (Å²) in [6.45, 7) is 2.38. The number of aryl methyl sites for hydroxylation is 1. The van der Waals surface area contributed by atoms with Crippen LogP contribution in [0.1, 0.15) is 18.1 Å². The van der Waals surface area contributed by atoms with Crippen LogP contribution in [0.5, 0.6) is 0 Å². The number of aromatic nitrogens is 1. The molecule has 4 rings (SSSR count). The van der Waals surface area contributed by atoms with Crippen LogP contribution in [0.4, 0.5) is 10.5 Å². The minimum Gasteiger partial charge on any atom is -0.335 e. The first-order valence-electron chi connectivity index (χ1n) is 9.55. The molecular formula is C24H19N3O3. The van der Waals surface area contributed by atoms with Crippen LogP contribution >= 0.6 is 0 Å². The van der Waals surface area contributed by atoms with Crippen LogP contribution in [-0.4, -0.2) is 22.4 Å². The molecule has 0 bridgehead atoms. The van der Waals surface area contributed by atoms with Gasteiger partial charge in [0.1, 0.15) is 5.57 Å². The predicted octanol–water partition coefficient (Wildman–Crippen LogP) is 3.50. The Morgan fingerprint density at radius 3 is 2.50 bits per heavy atom. The summed E-state index contributed by atoms with van der Waals surface area (Å²) in [6, 6.07) is 13.9. The summed E-state index contributed by atoms with van der Waals surface area (Å²) in [4.78, 5) is 39.0. The molecule has 0 saturated carbocycles. The molecule has 0 radical (unpaired) electrons. The molecule has 1 saturated heterocycles. The van der Waals surface area contributed by atoms with Gasteiger partial charge in [0.2, 0.25) is 0 Å². The molecule has 0 atom stereocenters. The number of para-hydroxylation sites is 1. The Morgan fingerprint density at radius 2 is 1.80 bits per heavy atom. The number of terminal acetylenes is 1. The first-order chi connectivity index (χ1) is 14.5. The van der Waals surface area contributed by atoms with Crippen molar-refractivity contribution in [1.29, 1.82) is 0 Å². The minimum atomic E-state index is -0.763. The first kappa shape index (κ1) is 19.2. The quantitative estimate of drug-likeness (QED) is 0.416. The first-order valence-corrected chi connectivity index (χ1v) is 9.55. The highest BCUT2D eigenvalue weighted by molar-refractivity contribution is 6.39. The number of amides is 4. The van der Waals surface area contributed by atoms with E-state index in [1.807, 2.05) is 47.9 Å². The molecule has 6 heteroatoms. The third-order valence-corrected chi connectivity index (χ3v) is 5.09. The predicted molar refractivity (Wildman–Crippen MR) is 116 cm³/mol. The Balaban J connectivity index is 1.78. The molecule has 6 nitrogen and oxygen atoms in total. The molecule has 2 heterocycles. The van der Waals surface area contributed by atoms with Crippen molar-refractivity contribution in [3.05, 3.63) is 71.4 Å². The highest BCUT2D eigenvalue weighted by Gasteiger charge is 2.36. The van der Waals surface area contributed by atoms with Crippen molar-refractivity contribution < 1.29 is 14.4 Å². The molecule has 3 aromatic rings. The molecule has 1 aliphatic heterocycles. The average Bonchev–Trinajstić information content (AvgIpc) is 3.09. The largest absolute Gasteiger partial charge is 0.335 e. The summed E-state index contributed by atoms with van der Waals surface area (Å²) in [5.74, 6) is 1.21. The molecule has 0 spiro atoms. The van der Waals surface area contributed by atoms with Gasteiger partial charge in [0, 0.05) is 22.7 Å². The zero-order valence-corrected chi connectivity index (χ0v) is 16.4. The van der Waals surface area contributed by atoms with E-state index in [0.29, 0.717) is 17.8 Å². The Labute approximate surface area is 173 Å². The normalized spacial score (nSPS) is 15.5. The maximum absolute atomic E-state index is 13.1. The van der Waals surface area contributed by atoms with Gasteiger partial charge in [0.25, 0.3) is 11.8 Å². The van der Waals surface area contributed by atoms with Crippen molar-refractivity contribution in [2.75, 3.05) is 4.90 Å². The van der Waals surface area contributed by atoms with Crippen molar-refractivity contribution in [2.45, 2.75) is 19.9 Å². The van der Waals surface area contributed by atoms with Crippen LogP contribution in [0, 0.1) is 12.3 Å². The topological polar surface area (TPSA) is 71.4 Å². The van der Waals surface area contributed by atoms with Gasteiger partial charge in [0.15, 0.2) is 0 Å². The van der Waals surface area contributed by atoms with Gasteiger partial charge in [-0.1, -0.05) is 43.2 Å². The molecule has 2 aromatic carbocycles. The van der Waals surface area contributed by atoms with E-state index in [1.165, 1.54) is 6.08 Å². The van der Waals surface area contributed by atoms with Gasteiger partial charge in [-0.15, -0.1) is 6.42 Å². The number of carbonyl (C=O) groups excluding carboxylic acids is 3. The number of fused-ring (bicyclic) bond motifs is 1. The molecule has 1 N–H and O–H groups in total. The maximum atomic E-state index is 13.1. The smallest absolute Gasteiger partial charge is 0.335 e. The van der Waals surface area contributed by atoms with Gasteiger partial charge in [-0.2, -0.15) is 0 Å². The fraction of sp³-hybridized carbons (Fsp3) is 0.125. The lowest BCUT2D eigenvalue weighted by Crippen LogP contribution is -2.54. The lowest BCUT2D eigenvalue weighted by Gasteiger charge is -2.26. The number of nitrogens with zero attached hydrogens (tertiary/aromatic N) is 2. The minimum absolute atomic E-state index is 0.113. The molecule has 4 amide bonds. The van der Waals surface area contributed by atoms with E-state index in [0.717, 1.165) is 27.8 Å². The van der Waals surface area contributed by atoms with Crippen molar-refractivity contribution in [3.63, 3.8) is 0 Å². The van der Waals surface area contributed by atoms with E-state index in [-0.39, 0.29) is 5.57 Å². The molecule has 0 aliphatic carbocycles. The fourth-order valence-corrected chi connectivity index (χ4v) is 3.55. The number of barbiturate groups is 1. The summed E-state index contributed by atoms with van der Waals surface area (Å²) in [5.41, 5.74) is 2.95. The zero-order valence-electron chi connectivity index (χ0n) is 16.4. The summed E-state index contributed by atoms with van der Waals surface area (Å²) >= 11 is 0. The average molecular weight is 397 g/mol. The number of rotatable bonds is 4. The van der Waals surface area contributed by atoms with Crippen molar-refractivity contribution in [1.82, 2.24) is 9.88 Å². The number of anilines is 1. The second kappa shape index (κ2) is 7.72. The Morgan fingerprint density at radius 1 is 1.07 bits per heavy atom. The molecule has 0 unspecified atom stereocenters. The maximum Gasteiger partial charge on any atom is 0.335 e. The summed E-state index contributed by atoms with van der Waals surface area (Å²) in [7, 11) is 0. The summed E-state index contributed by atoms with van der Waals surface area (Å²) in [6.07, 6.45) is 9.61. The number of nitrogens with one attached hydrogen (secondary N) is 1. The number of benzene rings is 2. The fourth-order valence-electron chi connectivity index (χ4n) is 3.55. The lowest BCUT2D eigenvalue weighted by molar-refractivity contribution is -0.122. The highest BCUT2D eigenvalue weighted by atomic mass is 16.2. The molecule has 1 aliphatic rings. The third kappa shape index (κ3) is 3.27. The van der Waals surface area contributed by atoms with E-state index in [9.17, 15) is 14.4 Å². The third-order valence-electron chi connectivity index (χ3n) is 5.09. The Hall–Kier alpha value is -4.11. The van der Waals surface area contributed by atoms with Crippen molar-refractivity contribution >= 4 is 40.5 Å². The van der Waals surface area contributed by atoms with Gasteiger partial charge < -0.3 is 4.57 Å². The number of imide groups is 2. The van der Waals surface area contributed by atoms with E-state index in [2.05, 4.69) is 11.2 Å². The van der Waals surface area contributed by atoms with Crippen molar-refractivity contribution in [2.24, 2.45) is 0 Å². The van der Waals surface area contributed by atoms with Crippen LogP contribution in [0.2, 0.25) is 0 Å². The zero-order chi connectivity index (χ0) is 21.3. The van der Waals surface area contributed by atoms with Gasteiger partial charge in [-0.05, 0) is 36.3 Å². The van der Waals surface area contributed by atoms with Gasteiger partial charge in [-0.25, -0.2) is 9.69 Å². The highest BCUT2D eigenvalue weighted by Crippen LogP contribution is 2.26. The van der Waals surface area contributed by atoms with E-state index < -0.39 is 17.8 Å². The number of carbonyl (C=O) groups is 3. The number of hydrogen-bond acceptors (Lipinski definition) is 3. The summed E-state index contributed by atoms with van der Waals surface area (Å²) in [5, 5.41) is 3.11. The van der Waals surface area contributed by atoms with Crippen LogP contribution in [-0.2, 0) is 22.6 Å². The van der Waals surface area contributed by atoms with Gasteiger partial charge >= 0.3 is 6.03 Å². The molecule has 1 fully saturated rings. The van der Waals surface area contributed by atoms with E-state index in [4.69, 9.17) is 6.42 Å². The van der Waals surface area contributed by atoms with Gasteiger partial charge in [-0.3, -0.25) is 14.9 Å². The van der Waals surface area contributed by atoms with Crippen molar-refractivity contribution in [3.8, 4) is 12.3 Å². The lowest BCUT2D eigenvalue weighted by atomic mass is 10.1. The molecular weight excluding hydrogens is 378 g/mol. The second-order valence-corrected chi connectivity index (χ2v) is 6.91. The SMILES string of the molecule is C#CCn1cc(/C=C2\C(=O)NC(=O)N(c3ccc(CC)cc3)C2=O)c2ccccc21. The van der Waals surface area contributed by atoms with E-state index in [1.54, 1.807) is 18.3 Å². The molecule has 148 valence electrons. The molecule has 30 heavy (non-hydrogen) atoms. The monoisotopic (exact) mass is 397 g/mol. The van der Waals surface area contributed by atoms with Crippen LogP contribution < -0.4 is 10.2 Å². The Bertz CT molecular complexity index is 1240. The van der Waals surface area contributed by atoms with E-state index >= 15 is 0 Å². The van der Waals surface area contributed by atoms with Crippen LogP contribution in [0.3, 0.4) is 0 Å². The second-order valence-electron chi connectivity index (χ2n) is 6.91. The van der Waals surface area contributed by atoms with Gasteiger partial charge in [0.05, 0.1) is 12.2 Å². The number of urea groups is 1. The molecule has 1 aromatic heterocycles. The van der Waals surface area contributed by atoms with Crippen LogP contribution in [0.25, 0.3) is 17.0 Å². The standard InChI is InChI=1S/C24H19N3O3/c1-3-13-26-15-17(19-7-5-6-8-21(19)26)14-20-22(28)25-24(30)27(23(20)29)18-11-9-16(4-2)10-12-18/h1,5-12,14-15H,4,13H2,2H3,(H,25,28,30)/b20-14+. The summed E-state index contributed by atoms with van der Waals surface area (Å²) < 4.78 is 1.87. The Kier molecular flexibility index (Phi) is 4.95.